The first-order valence-electron chi connectivity index (χ1n) is 8.33. The molecule has 1 aliphatic heterocycles. The summed E-state index contributed by atoms with van der Waals surface area (Å²) in [4.78, 5) is 37.1. The van der Waals surface area contributed by atoms with E-state index in [1.165, 1.54) is 0 Å². The average Bonchev–Trinajstić information content (AvgIpc) is 2.90. The van der Waals surface area contributed by atoms with Gasteiger partial charge in [0.05, 0.1) is 13.2 Å². The monoisotopic (exact) mass is 484 g/mol. The normalized spacial score (nSPS) is 18.7. The van der Waals surface area contributed by atoms with Crippen molar-refractivity contribution in [2.75, 3.05) is 18.9 Å². The topological polar surface area (TPSA) is 209 Å². The molecule has 0 saturated carbocycles. The van der Waals surface area contributed by atoms with Gasteiger partial charge in [0.15, 0.2) is 0 Å². The molecule has 1 aromatic rings. The summed E-state index contributed by atoms with van der Waals surface area (Å²) in [6.45, 7) is 2.58. The molecule has 168 valence electrons. The first-order chi connectivity index (χ1) is 13.8. The Balaban J connectivity index is 2.17. The molecule has 1 atom stereocenters. The summed E-state index contributed by atoms with van der Waals surface area (Å²) in [5.74, 6) is 0.465. The van der Waals surface area contributed by atoms with E-state index in [2.05, 4.69) is 18.8 Å². The lowest BCUT2D eigenvalue weighted by molar-refractivity contribution is 0.180. The zero-order valence-electron chi connectivity index (χ0n) is 16.0. The predicted molar refractivity (Wildman–Crippen MR) is 107 cm³/mol. The fourth-order valence-corrected chi connectivity index (χ4v) is 5.23. The van der Waals surface area contributed by atoms with Crippen molar-refractivity contribution in [1.29, 1.82) is 0 Å². The Hall–Kier alpha value is -1.47. The predicted octanol–water partition coefficient (Wildman–Crippen LogP) is 1.48. The Bertz CT molecular complexity index is 965. The quantitative estimate of drug-likeness (QED) is 0.217. The fraction of sp³-hybridized carbons (Fsp3) is 0.429. The average molecular weight is 484 g/mol. The molecule has 0 spiro atoms. The minimum Gasteiger partial charge on any atom is -0.507 e. The van der Waals surface area contributed by atoms with Crippen molar-refractivity contribution < 1.29 is 42.9 Å². The second-order valence-electron chi connectivity index (χ2n) is 6.06. The lowest BCUT2D eigenvalue weighted by atomic mass is 10.2. The van der Waals surface area contributed by atoms with Gasteiger partial charge >= 0.3 is 15.6 Å². The van der Waals surface area contributed by atoms with Gasteiger partial charge in [-0.05, 0) is 13.8 Å². The van der Waals surface area contributed by atoms with Crippen LogP contribution in [0.4, 0.5) is 5.82 Å². The fourth-order valence-electron chi connectivity index (χ4n) is 2.47. The first-order valence-corrected chi connectivity index (χ1v) is 12.2. The zero-order chi connectivity index (χ0) is 22.7. The van der Waals surface area contributed by atoms with Crippen LogP contribution in [0.15, 0.2) is 27.6 Å². The number of aryl methyl sites for hydroxylation is 1. The third kappa shape index (κ3) is 6.77. The lowest BCUT2D eigenvalue weighted by Crippen LogP contribution is -2.19. The van der Waals surface area contributed by atoms with Gasteiger partial charge in [-0.15, -0.1) is 0 Å². The van der Waals surface area contributed by atoms with Crippen LogP contribution in [-0.2, 0) is 24.5 Å². The molecule has 7 N–H and O–H groups in total. The van der Waals surface area contributed by atoms with Crippen molar-refractivity contribution in [1.82, 2.24) is 14.9 Å². The van der Waals surface area contributed by atoms with Crippen LogP contribution in [0.2, 0.25) is 0 Å². The number of anilines is 1. The van der Waals surface area contributed by atoms with Crippen LogP contribution in [0.3, 0.4) is 0 Å². The van der Waals surface area contributed by atoms with E-state index in [0.717, 1.165) is 11.8 Å². The van der Waals surface area contributed by atoms with E-state index >= 15 is 0 Å². The number of aliphatic hydroxyl groups is 2. The van der Waals surface area contributed by atoms with Gasteiger partial charge in [-0.3, -0.25) is 4.52 Å². The van der Waals surface area contributed by atoms with Crippen LogP contribution in [-0.4, -0.2) is 53.0 Å². The second-order valence-corrected chi connectivity index (χ2v) is 9.97. The number of allylic oxidation sites excluding steroid dienone is 1. The van der Waals surface area contributed by atoms with Crippen molar-refractivity contribution in [3.05, 3.63) is 39.0 Å². The molecule has 0 aromatic carbocycles. The second kappa shape index (κ2) is 9.77. The number of thioether (sulfide) groups is 1. The Morgan fingerprint density at radius 2 is 1.97 bits per heavy atom. The van der Waals surface area contributed by atoms with Gasteiger partial charge in [0, 0.05) is 28.8 Å². The van der Waals surface area contributed by atoms with Crippen LogP contribution in [0.5, 0.6) is 0 Å². The molecule has 13 nitrogen and oxygen atoms in total. The van der Waals surface area contributed by atoms with Crippen molar-refractivity contribution in [3.8, 4) is 0 Å². The molecular formula is C14H22N4O9P2S. The third-order valence-corrected chi connectivity index (χ3v) is 7.39. The lowest BCUT2D eigenvalue weighted by Gasteiger charge is -2.22. The van der Waals surface area contributed by atoms with Gasteiger partial charge in [0.1, 0.15) is 29.0 Å². The first kappa shape index (κ1) is 24.8. The molecule has 30 heavy (non-hydrogen) atoms. The van der Waals surface area contributed by atoms with Crippen molar-refractivity contribution >= 4 is 33.2 Å². The Labute approximate surface area is 176 Å². The summed E-state index contributed by atoms with van der Waals surface area (Å²) >= 11 is 1.10. The summed E-state index contributed by atoms with van der Waals surface area (Å²) in [5, 5.41) is 19.7. The highest BCUT2D eigenvalue weighted by molar-refractivity contribution is 8.07. The minimum atomic E-state index is -5.20. The molecule has 2 rings (SSSR count). The van der Waals surface area contributed by atoms with Crippen LogP contribution in [0, 0.1) is 6.92 Å². The SMILES string of the molecule is CC1=C(CCOP(=O)(O)OP(=O)(O)O)S/C(=C(/O)CO)N1Cc1cnc(C)nc1N. The van der Waals surface area contributed by atoms with Gasteiger partial charge < -0.3 is 35.5 Å². The van der Waals surface area contributed by atoms with Crippen molar-refractivity contribution in [2.24, 2.45) is 0 Å². The van der Waals surface area contributed by atoms with E-state index in [0.29, 0.717) is 27.0 Å². The molecule has 16 heteroatoms. The largest absolute Gasteiger partial charge is 0.507 e. The molecule has 0 saturated heterocycles. The smallest absolute Gasteiger partial charge is 0.481 e. The van der Waals surface area contributed by atoms with Crippen LogP contribution >= 0.6 is 27.4 Å². The summed E-state index contributed by atoms with van der Waals surface area (Å²) in [7, 11) is -10.2. The van der Waals surface area contributed by atoms with Gasteiger partial charge in [-0.2, -0.15) is 4.31 Å². The Morgan fingerprint density at radius 1 is 1.30 bits per heavy atom. The number of rotatable bonds is 9. The number of nitrogens with two attached hydrogens (primary N) is 1. The Morgan fingerprint density at radius 3 is 2.53 bits per heavy atom. The maximum Gasteiger partial charge on any atom is 0.481 e. The van der Waals surface area contributed by atoms with Crippen LogP contribution in [0.1, 0.15) is 24.7 Å². The van der Waals surface area contributed by atoms with Gasteiger partial charge in [0.25, 0.3) is 0 Å². The third-order valence-electron chi connectivity index (χ3n) is 3.81. The summed E-state index contributed by atoms with van der Waals surface area (Å²) in [6, 6.07) is 0. The maximum atomic E-state index is 11.5. The molecule has 1 unspecified atom stereocenters. The highest BCUT2D eigenvalue weighted by Crippen LogP contribution is 2.57. The summed E-state index contributed by atoms with van der Waals surface area (Å²) in [6.07, 6.45) is 1.61. The number of phosphoric acid groups is 2. The van der Waals surface area contributed by atoms with E-state index in [4.69, 9.17) is 15.5 Å². The highest BCUT2D eigenvalue weighted by atomic mass is 32.2. The standard InChI is InChI=1S/C14H22N4O9P2S/c1-8-12(3-4-26-29(24,25)27-28(21,22)23)30-14(11(20)7-19)18(8)6-10-5-16-9(2)17-13(10)15/h5,19-20H,3-4,6-7H2,1-2H3,(H,24,25)(H2,15,16,17)(H2,21,22,23)/b14-11+. The number of hydrogen-bond donors (Lipinski definition) is 6. The number of nitrogen functional groups attached to an aromatic ring is 1. The van der Waals surface area contributed by atoms with Gasteiger partial charge in [-0.25, -0.2) is 19.1 Å². The van der Waals surface area contributed by atoms with Gasteiger partial charge in [0.2, 0.25) is 0 Å². The molecule has 0 aliphatic carbocycles. The van der Waals surface area contributed by atoms with Gasteiger partial charge in [-0.1, -0.05) is 11.8 Å². The zero-order valence-corrected chi connectivity index (χ0v) is 18.6. The number of aliphatic hydroxyl groups excluding tert-OH is 2. The maximum absolute atomic E-state index is 11.5. The van der Waals surface area contributed by atoms with E-state index < -0.39 is 28.9 Å². The van der Waals surface area contributed by atoms with Crippen molar-refractivity contribution in [3.63, 3.8) is 0 Å². The number of aromatic nitrogens is 2. The Kier molecular flexibility index (Phi) is 8.08. The van der Waals surface area contributed by atoms with Crippen LogP contribution < -0.4 is 5.73 Å². The number of hydrogen-bond acceptors (Lipinski definition) is 11. The van der Waals surface area contributed by atoms with Crippen LogP contribution in [0.25, 0.3) is 0 Å². The van der Waals surface area contributed by atoms with E-state index in [1.807, 2.05) is 0 Å². The molecule has 0 radical (unpaired) electrons. The molecular weight excluding hydrogens is 462 g/mol. The molecule has 2 heterocycles. The number of phosphoric ester groups is 1. The molecule has 1 aliphatic rings. The van der Waals surface area contributed by atoms with E-state index in [1.54, 1.807) is 24.9 Å². The minimum absolute atomic E-state index is 0.0597. The van der Waals surface area contributed by atoms with E-state index in [9.17, 15) is 24.2 Å². The summed E-state index contributed by atoms with van der Waals surface area (Å²) < 4.78 is 30.6. The number of nitrogens with zero attached hydrogens (tertiary/aromatic N) is 3. The summed E-state index contributed by atoms with van der Waals surface area (Å²) in [5.41, 5.74) is 7.15. The van der Waals surface area contributed by atoms with Crippen molar-refractivity contribution in [2.45, 2.75) is 26.8 Å². The molecule has 0 bridgehead atoms. The molecule has 0 fully saturated rings. The van der Waals surface area contributed by atoms with E-state index in [-0.39, 0.29) is 24.5 Å². The molecule has 1 aromatic heterocycles. The molecule has 0 amide bonds. The highest BCUT2D eigenvalue weighted by Gasteiger charge is 2.33.